The number of anilines is 1. The molecule has 1 saturated heterocycles. The van der Waals surface area contributed by atoms with Crippen LogP contribution in [-0.2, 0) is 9.59 Å². The number of imide groups is 1. The van der Waals surface area contributed by atoms with Crippen molar-refractivity contribution < 1.29 is 9.59 Å². The number of quaternary nitrogens is 1. The number of nitrogens with one attached hydrogen (secondary N) is 1. The van der Waals surface area contributed by atoms with Crippen molar-refractivity contribution >= 4 is 23.2 Å². The molecule has 0 spiro atoms. The molecule has 0 bridgehead atoms. The molecule has 2 heterocycles. The maximum atomic E-state index is 13.4. The molecule has 1 N–H and O–H groups in total. The molecule has 0 radical (unpaired) electrons. The van der Waals surface area contributed by atoms with Gasteiger partial charge < -0.3 is 10.1 Å². The van der Waals surface area contributed by atoms with Gasteiger partial charge in [-0.3, -0.25) is 19.6 Å². The molecule has 0 aromatic heterocycles. The van der Waals surface area contributed by atoms with Crippen molar-refractivity contribution in [2.24, 2.45) is 0 Å². The van der Waals surface area contributed by atoms with Gasteiger partial charge >= 0.3 is 0 Å². The summed E-state index contributed by atoms with van der Waals surface area (Å²) in [5.74, 6) is 5.01. The molecule has 1 aromatic rings. The van der Waals surface area contributed by atoms with Gasteiger partial charge in [0.1, 0.15) is 5.69 Å². The number of carbonyl (C=O) groups is 2. The standard InChI is InChI=1S/C16H17N3O3/c1-3-4-11-5-6-13-12(9-11)18(2)10-19(13,22)14-7-8-15(20)17-16(14)21/h5-6,9,14H,7-8,10H2,1-2H3,(H,17,20,21). The topological polar surface area (TPSA) is 72.5 Å². The zero-order valence-corrected chi connectivity index (χ0v) is 12.5. The van der Waals surface area contributed by atoms with Gasteiger partial charge in [-0.2, -0.15) is 0 Å². The van der Waals surface area contributed by atoms with Gasteiger partial charge in [0.05, 0.1) is 0 Å². The second kappa shape index (κ2) is 5.13. The quantitative estimate of drug-likeness (QED) is 0.364. The number of hydrogen-bond acceptors (Lipinski definition) is 4. The van der Waals surface area contributed by atoms with Gasteiger partial charge in [-0.05, 0) is 19.1 Å². The number of amides is 2. The molecule has 1 fully saturated rings. The van der Waals surface area contributed by atoms with Gasteiger partial charge in [0.25, 0.3) is 5.91 Å². The Labute approximate surface area is 128 Å². The van der Waals surface area contributed by atoms with Crippen LogP contribution in [0.2, 0.25) is 0 Å². The summed E-state index contributed by atoms with van der Waals surface area (Å²) in [6.45, 7) is 1.92. The molecule has 1 aromatic carbocycles. The molecule has 2 aliphatic heterocycles. The van der Waals surface area contributed by atoms with E-state index in [1.54, 1.807) is 19.1 Å². The van der Waals surface area contributed by atoms with Crippen LogP contribution >= 0.6 is 0 Å². The second-order valence-corrected chi connectivity index (χ2v) is 5.68. The van der Waals surface area contributed by atoms with Gasteiger partial charge in [0.2, 0.25) is 5.91 Å². The summed E-state index contributed by atoms with van der Waals surface area (Å²) in [7, 11) is 1.83. The van der Waals surface area contributed by atoms with E-state index < -0.39 is 16.6 Å². The van der Waals surface area contributed by atoms with Crippen molar-refractivity contribution in [3.8, 4) is 11.8 Å². The summed E-state index contributed by atoms with van der Waals surface area (Å²) in [5.41, 5.74) is 2.18. The molecular weight excluding hydrogens is 282 g/mol. The molecule has 6 heteroatoms. The monoisotopic (exact) mass is 299 g/mol. The Bertz CT molecular complexity index is 719. The first-order valence-electron chi connectivity index (χ1n) is 7.16. The zero-order valence-electron chi connectivity index (χ0n) is 12.5. The minimum absolute atomic E-state index is 0.157. The van der Waals surface area contributed by atoms with Gasteiger partial charge in [0, 0.05) is 31.5 Å². The molecule has 0 saturated carbocycles. The average Bonchev–Trinajstić information content (AvgIpc) is 2.71. The minimum atomic E-state index is -0.787. The molecule has 6 nitrogen and oxygen atoms in total. The number of hydrogen-bond donors (Lipinski definition) is 1. The molecule has 2 aliphatic rings. The maximum absolute atomic E-state index is 13.4. The number of rotatable bonds is 1. The molecular formula is C16H17N3O3. The summed E-state index contributed by atoms with van der Waals surface area (Å²) >= 11 is 0. The number of piperidine rings is 1. The molecule has 3 rings (SSSR count). The lowest BCUT2D eigenvalue weighted by Gasteiger charge is -2.44. The highest BCUT2D eigenvalue weighted by atomic mass is 16.6. The third-order valence-electron chi connectivity index (χ3n) is 4.20. The second-order valence-electron chi connectivity index (χ2n) is 5.68. The SMILES string of the molecule is CC#Cc1ccc2c(c1)N(C)C[N+]2([O-])C1CCC(=O)NC1=O. The third-order valence-corrected chi connectivity index (χ3v) is 4.20. The predicted molar refractivity (Wildman–Crippen MR) is 83.6 cm³/mol. The lowest BCUT2D eigenvalue weighted by atomic mass is 10.0. The van der Waals surface area contributed by atoms with E-state index in [1.807, 2.05) is 18.0 Å². The summed E-state index contributed by atoms with van der Waals surface area (Å²) in [6.07, 6.45) is 0.481. The highest BCUT2D eigenvalue weighted by Crippen LogP contribution is 2.43. The fourth-order valence-electron chi connectivity index (χ4n) is 3.19. The highest BCUT2D eigenvalue weighted by Gasteiger charge is 2.46. The lowest BCUT2D eigenvalue weighted by Crippen LogP contribution is -2.62. The summed E-state index contributed by atoms with van der Waals surface area (Å²) in [4.78, 5) is 25.2. The average molecular weight is 299 g/mol. The molecule has 0 aliphatic carbocycles. The van der Waals surface area contributed by atoms with E-state index in [4.69, 9.17) is 0 Å². The van der Waals surface area contributed by atoms with E-state index in [-0.39, 0.29) is 25.4 Å². The van der Waals surface area contributed by atoms with Gasteiger partial charge in [-0.25, -0.2) is 0 Å². The van der Waals surface area contributed by atoms with E-state index in [1.165, 1.54) is 0 Å². The Morgan fingerprint density at radius 1 is 1.41 bits per heavy atom. The Morgan fingerprint density at radius 3 is 2.86 bits per heavy atom. The molecule has 114 valence electrons. The fraction of sp³-hybridized carbons (Fsp3) is 0.375. The zero-order chi connectivity index (χ0) is 15.9. The van der Waals surface area contributed by atoms with Crippen molar-refractivity contribution in [3.05, 3.63) is 29.0 Å². The van der Waals surface area contributed by atoms with Crippen LogP contribution < -0.4 is 14.9 Å². The molecule has 2 unspecified atom stereocenters. The van der Waals surface area contributed by atoms with Crippen molar-refractivity contribution in [1.29, 1.82) is 0 Å². The molecule has 2 amide bonds. The van der Waals surface area contributed by atoms with E-state index >= 15 is 0 Å². The minimum Gasteiger partial charge on any atom is -0.625 e. The smallest absolute Gasteiger partial charge is 0.285 e. The van der Waals surface area contributed by atoms with Gasteiger partial charge in [-0.1, -0.05) is 5.92 Å². The number of fused-ring (bicyclic) bond motifs is 1. The van der Waals surface area contributed by atoms with E-state index in [9.17, 15) is 14.8 Å². The van der Waals surface area contributed by atoms with Crippen LogP contribution in [0.1, 0.15) is 25.3 Å². The molecule has 22 heavy (non-hydrogen) atoms. The number of benzene rings is 1. The Kier molecular flexibility index (Phi) is 3.39. The van der Waals surface area contributed by atoms with Crippen LogP contribution in [-0.4, -0.2) is 31.6 Å². The van der Waals surface area contributed by atoms with E-state index in [0.717, 1.165) is 11.3 Å². The van der Waals surface area contributed by atoms with Crippen molar-refractivity contribution in [2.45, 2.75) is 25.8 Å². The first-order valence-corrected chi connectivity index (χ1v) is 7.16. The van der Waals surface area contributed by atoms with E-state index in [0.29, 0.717) is 5.69 Å². The van der Waals surface area contributed by atoms with Crippen LogP contribution in [0.4, 0.5) is 11.4 Å². The first kappa shape index (κ1) is 14.6. The first-order chi connectivity index (χ1) is 10.5. The number of carbonyl (C=O) groups excluding carboxylic acids is 2. The Morgan fingerprint density at radius 2 is 2.18 bits per heavy atom. The lowest BCUT2D eigenvalue weighted by molar-refractivity contribution is -0.136. The Hall–Kier alpha value is -2.36. The third kappa shape index (κ3) is 2.15. The van der Waals surface area contributed by atoms with Crippen molar-refractivity contribution in [1.82, 2.24) is 9.96 Å². The van der Waals surface area contributed by atoms with Crippen LogP contribution in [0, 0.1) is 17.0 Å². The predicted octanol–water partition coefficient (Wildman–Crippen LogP) is 1.08. The van der Waals surface area contributed by atoms with Crippen molar-refractivity contribution in [3.63, 3.8) is 0 Å². The summed E-state index contributed by atoms with van der Waals surface area (Å²) in [6, 6.07) is 4.63. The normalized spacial score (nSPS) is 27.0. The highest BCUT2D eigenvalue weighted by molar-refractivity contribution is 6.01. The van der Waals surface area contributed by atoms with E-state index in [2.05, 4.69) is 17.2 Å². The fourth-order valence-corrected chi connectivity index (χ4v) is 3.19. The van der Waals surface area contributed by atoms with Crippen LogP contribution in [0.3, 0.4) is 0 Å². The van der Waals surface area contributed by atoms with Crippen LogP contribution in [0.25, 0.3) is 0 Å². The van der Waals surface area contributed by atoms with Gasteiger partial charge in [-0.15, -0.1) is 5.92 Å². The van der Waals surface area contributed by atoms with Crippen LogP contribution in [0.5, 0.6) is 0 Å². The van der Waals surface area contributed by atoms with Gasteiger partial charge in [0.15, 0.2) is 18.4 Å². The summed E-state index contributed by atoms with van der Waals surface area (Å²) < 4.78 is -0.745. The number of hydroxylamine groups is 2. The number of nitrogens with zero attached hydrogens (tertiary/aromatic N) is 2. The Balaban J connectivity index is 2.02. The largest absolute Gasteiger partial charge is 0.625 e. The summed E-state index contributed by atoms with van der Waals surface area (Å²) in [5, 5.41) is 15.6. The maximum Gasteiger partial charge on any atom is 0.285 e. The van der Waals surface area contributed by atoms with Crippen LogP contribution in [0.15, 0.2) is 18.2 Å². The molecule has 2 atom stereocenters. The van der Waals surface area contributed by atoms with Crippen molar-refractivity contribution in [2.75, 3.05) is 18.6 Å².